The number of furan rings is 1. The monoisotopic (exact) mass is 434 g/mol. The van der Waals surface area contributed by atoms with Crippen LogP contribution in [0.4, 0.5) is 9.18 Å². The average molecular weight is 435 g/mol. The van der Waals surface area contributed by atoms with E-state index in [1.165, 1.54) is 34.2 Å². The number of nitrogens with zero attached hydrogens (tertiary/aromatic N) is 2. The van der Waals surface area contributed by atoms with Gasteiger partial charge in [-0.25, -0.2) is 9.78 Å². The van der Waals surface area contributed by atoms with Crippen LogP contribution in [0.1, 0.15) is 31.4 Å². The van der Waals surface area contributed by atoms with Crippen LogP contribution in [-0.4, -0.2) is 28.6 Å². The molecule has 0 saturated heterocycles. The van der Waals surface area contributed by atoms with Gasteiger partial charge in [0.15, 0.2) is 0 Å². The Labute approximate surface area is 177 Å². The Morgan fingerprint density at radius 1 is 1.34 bits per heavy atom. The van der Waals surface area contributed by atoms with E-state index in [0.29, 0.717) is 12.1 Å². The number of thiophene rings is 1. The van der Waals surface area contributed by atoms with Crippen molar-refractivity contribution in [3.05, 3.63) is 53.3 Å². The first-order chi connectivity index (χ1) is 13.6. The molecule has 0 aliphatic rings. The zero-order valence-electron chi connectivity index (χ0n) is 17.0. The highest BCUT2D eigenvalue weighted by Crippen LogP contribution is 2.44. The maximum Gasteiger partial charge on any atom is 0.410 e. The minimum absolute atomic E-state index is 0.361. The number of aryl methyl sites for hydroxylation is 1. The zero-order chi connectivity index (χ0) is 21.2. The van der Waals surface area contributed by atoms with Crippen molar-refractivity contribution < 1.29 is 18.3 Å². The summed E-state index contributed by atoms with van der Waals surface area (Å²) >= 11 is 3.02. The molecular weight excluding hydrogens is 411 g/mol. The summed E-state index contributed by atoms with van der Waals surface area (Å²) in [6.07, 6.45) is 2.65. The van der Waals surface area contributed by atoms with Crippen molar-refractivity contribution in [2.24, 2.45) is 0 Å². The molecule has 5 nitrogen and oxygen atoms in total. The fourth-order valence-corrected chi connectivity index (χ4v) is 5.07. The molecule has 0 saturated carbocycles. The second-order valence-corrected chi connectivity index (χ2v) is 9.98. The first-order valence-electron chi connectivity index (χ1n) is 9.03. The molecule has 3 heterocycles. The number of hydrogen-bond donors (Lipinski definition) is 0. The molecule has 3 aromatic heterocycles. The van der Waals surface area contributed by atoms with Crippen molar-refractivity contribution in [3.8, 4) is 11.1 Å². The molecule has 29 heavy (non-hydrogen) atoms. The van der Waals surface area contributed by atoms with Gasteiger partial charge in [-0.05, 0) is 52.0 Å². The van der Waals surface area contributed by atoms with E-state index in [9.17, 15) is 9.18 Å². The highest BCUT2D eigenvalue weighted by Gasteiger charge is 2.22. The predicted molar refractivity (Wildman–Crippen MR) is 113 cm³/mol. The van der Waals surface area contributed by atoms with Gasteiger partial charge in [0.2, 0.25) is 5.95 Å². The van der Waals surface area contributed by atoms with Crippen molar-refractivity contribution in [2.45, 2.75) is 48.9 Å². The second-order valence-electron chi connectivity index (χ2n) is 7.54. The number of aromatic nitrogens is 1. The van der Waals surface area contributed by atoms with Gasteiger partial charge < -0.3 is 14.1 Å². The van der Waals surface area contributed by atoms with Crippen LogP contribution in [0, 0.1) is 12.9 Å². The quantitative estimate of drug-likeness (QED) is 0.437. The molecule has 0 bridgehead atoms. The summed E-state index contributed by atoms with van der Waals surface area (Å²) in [5, 5.41) is 0. The molecule has 0 N–H and O–H groups in total. The Morgan fingerprint density at radius 2 is 2.10 bits per heavy atom. The number of pyridine rings is 1. The normalized spacial score (nSPS) is 11.5. The Kier molecular flexibility index (Phi) is 6.33. The van der Waals surface area contributed by atoms with Gasteiger partial charge >= 0.3 is 6.09 Å². The topological polar surface area (TPSA) is 55.6 Å². The second kappa shape index (κ2) is 8.59. The van der Waals surface area contributed by atoms with Gasteiger partial charge in [-0.1, -0.05) is 11.8 Å². The maximum atomic E-state index is 14.4. The number of carbonyl (C=O) groups excluding carboxylic acids is 1. The number of halogens is 1. The third kappa shape index (κ3) is 5.39. The summed E-state index contributed by atoms with van der Waals surface area (Å²) in [4.78, 5) is 19.5. The summed E-state index contributed by atoms with van der Waals surface area (Å²) in [6.45, 7) is 7.73. The number of hydrogen-bond acceptors (Lipinski definition) is 6. The van der Waals surface area contributed by atoms with Crippen LogP contribution in [0.5, 0.6) is 0 Å². The summed E-state index contributed by atoms with van der Waals surface area (Å²) in [6, 6.07) is 7.21. The van der Waals surface area contributed by atoms with Crippen LogP contribution in [0.15, 0.2) is 50.2 Å². The van der Waals surface area contributed by atoms with Gasteiger partial charge in [-0.3, -0.25) is 0 Å². The lowest BCUT2D eigenvalue weighted by Crippen LogP contribution is -2.33. The summed E-state index contributed by atoms with van der Waals surface area (Å²) in [7, 11) is 1.69. The molecule has 0 atom stereocenters. The van der Waals surface area contributed by atoms with Gasteiger partial charge in [0, 0.05) is 29.2 Å². The van der Waals surface area contributed by atoms with E-state index in [-0.39, 0.29) is 0 Å². The lowest BCUT2D eigenvalue weighted by molar-refractivity contribution is 0.0287. The Morgan fingerprint density at radius 3 is 2.72 bits per heavy atom. The van der Waals surface area contributed by atoms with E-state index in [1.807, 2.05) is 39.8 Å². The highest BCUT2D eigenvalue weighted by molar-refractivity contribution is 8.01. The molecule has 0 aromatic carbocycles. The smallest absolute Gasteiger partial charge is 0.410 e. The standard InChI is InChI=1S/C21H23FN2O3S2/c1-13-17(8-10-26-13)29-19-16(15-7-6-9-23-18(15)22)11-14(28-19)12-24(5)20(25)27-21(2,3)4/h6-11H,12H2,1-5H3. The lowest BCUT2D eigenvalue weighted by atomic mass is 10.1. The fourth-order valence-electron chi connectivity index (χ4n) is 2.57. The molecule has 3 rings (SSSR count). The molecule has 0 spiro atoms. The Hall–Kier alpha value is -2.32. The van der Waals surface area contributed by atoms with Crippen molar-refractivity contribution in [2.75, 3.05) is 7.05 Å². The van der Waals surface area contributed by atoms with E-state index in [2.05, 4.69) is 4.98 Å². The summed E-state index contributed by atoms with van der Waals surface area (Å²) in [5.74, 6) is 0.275. The first-order valence-corrected chi connectivity index (χ1v) is 10.7. The van der Waals surface area contributed by atoms with E-state index in [1.54, 1.807) is 25.4 Å². The Bertz CT molecular complexity index is 1010. The van der Waals surface area contributed by atoms with Crippen molar-refractivity contribution in [1.29, 1.82) is 0 Å². The largest absolute Gasteiger partial charge is 0.468 e. The molecule has 1 amide bonds. The summed E-state index contributed by atoms with van der Waals surface area (Å²) in [5.41, 5.74) is 0.613. The highest BCUT2D eigenvalue weighted by atomic mass is 32.2. The predicted octanol–water partition coefficient (Wildman–Crippen LogP) is 6.37. The molecule has 0 aliphatic carbocycles. The van der Waals surface area contributed by atoms with Crippen LogP contribution in [-0.2, 0) is 11.3 Å². The number of carbonyl (C=O) groups is 1. The third-order valence-corrected chi connectivity index (χ3v) is 6.37. The fraction of sp³-hybridized carbons (Fsp3) is 0.333. The zero-order valence-corrected chi connectivity index (χ0v) is 18.6. The minimum Gasteiger partial charge on any atom is -0.468 e. The van der Waals surface area contributed by atoms with Gasteiger partial charge in [-0.15, -0.1) is 11.3 Å². The molecule has 8 heteroatoms. The van der Waals surface area contributed by atoms with Crippen molar-refractivity contribution in [1.82, 2.24) is 9.88 Å². The number of rotatable bonds is 5. The van der Waals surface area contributed by atoms with Gasteiger partial charge in [0.05, 0.1) is 21.9 Å². The van der Waals surface area contributed by atoms with Crippen LogP contribution in [0.25, 0.3) is 11.1 Å². The molecular formula is C21H23FN2O3S2. The van der Waals surface area contributed by atoms with Crippen LogP contribution in [0.2, 0.25) is 0 Å². The SMILES string of the molecule is Cc1occc1Sc1sc(CN(C)C(=O)OC(C)(C)C)cc1-c1cccnc1F. The number of amides is 1. The van der Waals surface area contributed by atoms with Crippen LogP contribution >= 0.6 is 23.1 Å². The molecule has 0 radical (unpaired) electrons. The van der Waals surface area contributed by atoms with E-state index >= 15 is 0 Å². The average Bonchev–Trinajstić information content (AvgIpc) is 3.20. The van der Waals surface area contributed by atoms with E-state index in [0.717, 1.165) is 25.3 Å². The van der Waals surface area contributed by atoms with Gasteiger partial charge in [0.25, 0.3) is 0 Å². The van der Waals surface area contributed by atoms with E-state index in [4.69, 9.17) is 9.15 Å². The summed E-state index contributed by atoms with van der Waals surface area (Å²) < 4.78 is 26.1. The maximum absolute atomic E-state index is 14.4. The van der Waals surface area contributed by atoms with Crippen molar-refractivity contribution >= 4 is 29.2 Å². The Balaban J connectivity index is 1.91. The van der Waals surface area contributed by atoms with E-state index < -0.39 is 17.6 Å². The molecule has 154 valence electrons. The van der Waals surface area contributed by atoms with Crippen molar-refractivity contribution in [3.63, 3.8) is 0 Å². The minimum atomic E-state index is -0.565. The lowest BCUT2D eigenvalue weighted by Gasteiger charge is -2.24. The number of ether oxygens (including phenoxy) is 1. The van der Waals surface area contributed by atoms with Crippen LogP contribution < -0.4 is 0 Å². The van der Waals surface area contributed by atoms with Crippen LogP contribution in [0.3, 0.4) is 0 Å². The third-order valence-electron chi connectivity index (χ3n) is 3.91. The molecule has 0 fully saturated rings. The molecule has 0 unspecified atom stereocenters. The molecule has 3 aromatic rings. The first kappa shape index (κ1) is 21.4. The van der Waals surface area contributed by atoms with Gasteiger partial charge in [-0.2, -0.15) is 4.39 Å². The molecule has 0 aliphatic heterocycles. The van der Waals surface area contributed by atoms with Gasteiger partial charge in [0.1, 0.15) is 11.4 Å².